The number of sulfonamides is 1. The van der Waals surface area contributed by atoms with Gasteiger partial charge in [0.15, 0.2) is 0 Å². The number of hydrogen-bond donors (Lipinski definition) is 2. The van der Waals surface area contributed by atoms with Gasteiger partial charge in [0.1, 0.15) is 5.69 Å². The van der Waals surface area contributed by atoms with Gasteiger partial charge in [-0.2, -0.15) is 0 Å². The first kappa shape index (κ1) is 18.8. The van der Waals surface area contributed by atoms with Crippen LogP contribution in [0.3, 0.4) is 0 Å². The second-order valence-corrected chi connectivity index (χ2v) is 7.76. The number of carbonyl (C=O) groups excluding carboxylic acids is 1. The Hall–Kier alpha value is -2.97. The van der Waals surface area contributed by atoms with E-state index in [0.717, 1.165) is 0 Å². The maximum Gasteiger partial charge on any atom is 0.275 e. The maximum atomic E-state index is 12.6. The third kappa shape index (κ3) is 4.81. The van der Waals surface area contributed by atoms with Crippen LogP contribution in [0, 0.1) is 6.92 Å². The number of amides is 1. The molecule has 0 radical (unpaired) electrons. The number of nitrogens with zero attached hydrogens (tertiary/aromatic N) is 2. The summed E-state index contributed by atoms with van der Waals surface area (Å²) in [4.78, 5) is 20.2. The molecule has 1 aromatic heterocycles. The van der Waals surface area contributed by atoms with Crippen molar-refractivity contribution in [3.05, 3.63) is 77.3 Å². The van der Waals surface area contributed by atoms with E-state index in [1.165, 1.54) is 36.7 Å². The zero-order valence-corrected chi connectivity index (χ0v) is 15.8. The summed E-state index contributed by atoms with van der Waals surface area (Å²) in [6.07, 6.45) is 2.83. The first-order valence-electron chi connectivity index (χ1n) is 7.82. The van der Waals surface area contributed by atoms with Crippen molar-refractivity contribution in [3.8, 4) is 0 Å². The number of nitrogens with one attached hydrogen (secondary N) is 2. The smallest absolute Gasteiger partial charge is 0.275 e. The second-order valence-electron chi connectivity index (χ2n) is 5.64. The van der Waals surface area contributed by atoms with Crippen molar-refractivity contribution in [2.75, 3.05) is 10.0 Å². The van der Waals surface area contributed by atoms with E-state index in [4.69, 9.17) is 11.6 Å². The molecule has 138 valence electrons. The third-order valence-corrected chi connectivity index (χ3v) is 5.11. The molecule has 0 saturated heterocycles. The van der Waals surface area contributed by atoms with Crippen LogP contribution in [-0.2, 0) is 10.0 Å². The third-order valence-electron chi connectivity index (χ3n) is 3.49. The molecule has 0 aliphatic heterocycles. The van der Waals surface area contributed by atoms with E-state index in [1.807, 2.05) is 0 Å². The Morgan fingerprint density at radius 2 is 1.74 bits per heavy atom. The van der Waals surface area contributed by atoms with Crippen molar-refractivity contribution >= 4 is 38.9 Å². The lowest BCUT2D eigenvalue weighted by atomic mass is 10.3. The van der Waals surface area contributed by atoms with Gasteiger partial charge in [0.25, 0.3) is 15.9 Å². The van der Waals surface area contributed by atoms with Crippen LogP contribution in [0.25, 0.3) is 0 Å². The highest BCUT2D eigenvalue weighted by atomic mass is 35.5. The van der Waals surface area contributed by atoms with Gasteiger partial charge in [-0.15, -0.1) is 0 Å². The first-order chi connectivity index (χ1) is 12.8. The number of carbonyl (C=O) groups is 1. The van der Waals surface area contributed by atoms with Crippen molar-refractivity contribution in [2.24, 2.45) is 0 Å². The minimum Gasteiger partial charge on any atom is -0.321 e. The Kier molecular flexibility index (Phi) is 5.38. The molecule has 7 nitrogen and oxygen atoms in total. The fourth-order valence-electron chi connectivity index (χ4n) is 2.21. The average molecular weight is 403 g/mol. The van der Waals surface area contributed by atoms with Gasteiger partial charge in [-0.25, -0.2) is 13.4 Å². The lowest BCUT2D eigenvalue weighted by Crippen LogP contribution is -2.16. The molecule has 0 unspecified atom stereocenters. The Morgan fingerprint density at radius 3 is 2.44 bits per heavy atom. The molecule has 1 amide bonds. The molecule has 2 aromatic carbocycles. The van der Waals surface area contributed by atoms with Crippen molar-refractivity contribution in [1.82, 2.24) is 9.97 Å². The van der Waals surface area contributed by atoms with E-state index < -0.39 is 15.9 Å². The molecule has 0 saturated carbocycles. The van der Waals surface area contributed by atoms with Crippen LogP contribution >= 0.6 is 11.6 Å². The molecule has 2 N–H and O–H groups in total. The van der Waals surface area contributed by atoms with Crippen LogP contribution in [0.15, 0.2) is 65.8 Å². The molecule has 0 bridgehead atoms. The average Bonchev–Trinajstić information content (AvgIpc) is 2.62. The van der Waals surface area contributed by atoms with E-state index in [-0.39, 0.29) is 10.6 Å². The summed E-state index contributed by atoms with van der Waals surface area (Å²) >= 11 is 5.88. The Bertz CT molecular complexity index is 1090. The van der Waals surface area contributed by atoms with Crippen molar-refractivity contribution in [1.29, 1.82) is 0 Å². The molecule has 3 rings (SSSR count). The van der Waals surface area contributed by atoms with Gasteiger partial charge in [0, 0.05) is 16.9 Å². The Morgan fingerprint density at radius 1 is 1.00 bits per heavy atom. The topological polar surface area (TPSA) is 101 Å². The monoisotopic (exact) mass is 402 g/mol. The van der Waals surface area contributed by atoms with Crippen LogP contribution in [0.5, 0.6) is 0 Å². The van der Waals surface area contributed by atoms with Crippen molar-refractivity contribution in [3.63, 3.8) is 0 Å². The predicted molar refractivity (Wildman–Crippen MR) is 103 cm³/mol. The molecule has 0 fully saturated rings. The van der Waals surface area contributed by atoms with E-state index in [0.29, 0.717) is 22.1 Å². The second kappa shape index (κ2) is 7.73. The molecule has 0 atom stereocenters. The maximum absolute atomic E-state index is 12.6. The minimum absolute atomic E-state index is 0.00438. The largest absolute Gasteiger partial charge is 0.321 e. The lowest BCUT2D eigenvalue weighted by molar-refractivity contribution is 0.102. The Balaban J connectivity index is 1.80. The first-order valence-corrected chi connectivity index (χ1v) is 9.68. The molecular formula is C18H15ClN4O3S. The molecule has 3 aromatic rings. The number of hydrogen-bond acceptors (Lipinski definition) is 5. The quantitative estimate of drug-likeness (QED) is 0.680. The minimum atomic E-state index is -3.85. The zero-order chi connectivity index (χ0) is 19.4. The molecule has 0 aliphatic carbocycles. The van der Waals surface area contributed by atoms with Gasteiger partial charge >= 0.3 is 0 Å². The van der Waals surface area contributed by atoms with Crippen LogP contribution in [0.2, 0.25) is 5.02 Å². The normalized spacial score (nSPS) is 11.0. The summed E-state index contributed by atoms with van der Waals surface area (Å²) in [6, 6.07) is 12.3. The molecule has 0 spiro atoms. The molecule has 9 heteroatoms. The van der Waals surface area contributed by atoms with Gasteiger partial charge in [-0.05, 0) is 43.3 Å². The number of aryl methyl sites for hydroxylation is 1. The predicted octanol–water partition coefficient (Wildman–Crippen LogP) is 3.49. The van der Waals surface area contributed by atoms with E-state index >= 15 is 0 Å². The molecule has 27 heavy (non-hydrogen) atoms. The number of aromatic nitrogens is 2. The van der Waals surface area contributed by atoms with E-state index in [2.05, 4.69) is 20.0 Å². The van der Waals surface area contributed by atoms with Gasteiger partial charge in [-0.1, -0.05) is 23.7 Å². The lowest BCUT2D eigenvalue weighted by Gasteiger charge is -2.10. The fourth-order valence-corrected chi connectivity index (χ4v) is 3.50. The van der Waals surface area contributed by atoms with Gasteiger partial charge in [-0.3, -0.25) is 14.5 Å². The zero-order valence-electron chi connectivity index (χ0n) is 14.2. The van der Waals surface area contributed by atoms with Crippen LogP contribution in [0.1, 0.15) is 16.2 Å². The summed E-state index contributed by atoms with van der Waals surface area (Å²) in [5, 5.41) is 3.02. The summed E-state index contributed by atoms with van der Waals surface area (Å²) in [5.41, 5.74) is 1.47. The number of anilines is 2. The van der Waals surface area contributed by atoms with Crippen LogP contribution in [0.4, 0.5) is 11.4 Å². The van der Waals surface area contributed by atoms with Crippen molar-refractivity contribution < 1.29 is 13.2 Å². The van der Waals surface area contributed by atoms with Crippen molar-refractivity contribution in [2.45, 2.75) is 11.8 Å². The fraction of sp³-hybridized carbons (Fsp3) is 0.0556. The SMILES string of the molecule is Cc1cnc(C(=O)Nc2cccc(S(=O)(=O)Nc3cccc(Cl)c3)c2)cn1. The van der Waals surface area contributed by atoms with E-state index in [1.54, 1.807) is 31.2 Å². The standard InChI is InChI=1S/C18H15ClN4O3S/c1-12-10-21-17(11-20-12)18(24)22-14-5-3-7-16(9-14)27(25,26)23-15-6-2-4-13(19)8-15/h2-11,23H,1H3,(H,22,24). The van der Waals surface area contributed by atoms with Gasteiger partial charge in [0.2, 0.25) is 0 Å². The number of benzene rings is 2. The summed E-state index contributed by atoms with van der Waals surface area (Å²) in [6.45, 7) is 1.76. The number of rotatable bonds is 5. The summed E-state index contributed by atoms with van der Waals surface area (Å²) in [5.74, 6) is -0.486. The van der Waals surface area contributed by atoms with E-state index in [9.17, 15) is 13.2 Å². The molecule has 1 heterocycles. The molecule has 0 aliphatic rings. The van der Waals surface area contributed by atoms with Gasteiger partial charge < -0.3 is 5.32 Å². The summed E-state index contributed by atoms with van der Waals surface area (Å²) in [7, 11) is -3.85. The summed E-state index contributed by atoms with van der Waals surface area (Å²) < 4.78 is 27.6. The van der Waals surface area contributed by atoms with Crippen LogP contribution < -0.4 is 10.0 Å². The highest BCUT2D eigenvalue weighted by Gasteiger charge is 2.16. The number of halogens is 1. The van der Waals surface area contributed by atoms with Crippen LogP contribution in [-0.4, -0.2) is 24.3 Å². The highest BCUT2D eigenvalue weighted by Crippen LogP contribution is 2.21. The highest BCUT2D eigenvalue weighted by molar-refractivity contribution is 7.92. The van der Waals surface area contributed by atoms with Gasteiger partial charge in [0.05, 0.1) is 22.5 Å². The molecular weight excluding hydrogens is 388 g/mol. The Labute approximate surface area is 161 Å².